The third-order valence-electron chi connectivity index (χ3n) is 21.1. The number of cyclic esters (lactones) is 3. The minimum absolute atomic E-state index is 0.208. The van der Waals surface area contributed by atoms with E-state index in [0.29, 0.717) is 12.8 Å². The third-order valence-corrected chi connectivity index (χ3v) is 21.1. The molecule has 10 rings (SSSR count). The van der Waals surface area contributed by atoms with E-state index in [1.807, 2.05) is 229 Å². The van der Waals surface area contributed by atoms with Crippen LogP contribution in [0.15, 0.2) is 207 Å². The van der Waals surface area contributed by atoms with Crippen LogP contribution in [0.5, 0.6) is 0 Å². The van der Waals surface area contributed by atoms with E-state index in [2.05, 4.69) is 107 Å². The van der Waals surface area contributed by atoms with Crippen LogP contribution in [0, 0.1) is 47.8 Å². The molecule has 6 amide bonds. The maximum Gasteiger partial charge on any atom is 0.338 e. The van der Waals surface area contributed by atoms with Gasteiger partial charge < -0.3 is 60.3 Å². The summed E-state index contributed by atoms with van der Waals surface area (Å²) in [6.07, 6.45) is 4.31. The Kier molecular flexibility index (Phi) is 32.0. The molecule has 12 atom stereocenters. The largest absolute Gasteiger partial charge is 0.432 e. The highest BCUT2D eigenvalue weighted by Gasteiger charge is 2.52. The maximum absolute atomic E-state index is 13.9. The van der Waals surface area contributed by atoms with Gasteiger partial charge in [-0.25, -0.2) is 14.4 Å². The SMILES string of the molecule is C=CC[C@@H](C(=O)N[C@H](C(=O)N[C@H](C)c1ccccc1)C(C)(C)C)[C@@H]1OC(C)(C)OC1=O.Cc1cc(/C=C/C[C@@H](C(=O)N[C@H](C(=O)N[C@H](C)c2ccccc2)C(C)(C)C)[C@@H]2OC(C)(C)OC2=O)ccc1-c1ccccc1.Cc1cc(CCC[C@@H](C(=O)N[C@H](C(=O)N[C@H](C)c2ccccc2)C(C)(C)C)[C@@H]2OC(C)(C)OC2=O)ccc1-c1ccccc1. The van der Waals surface area contributed by atoms with Gasteiger partial charge in [0.2, 0.25) is 52.8 Å². The van der Waals surface area contributed by atoms with Crippen LogP contribution < -0.4 is 31.9 Å². The molecule has 0 radical (unpaired) electrons. The first-order chi connectivity index (χ1) is 55.8. The van der Waals surface area contributed by atoms with Gasteiger partial charge >= 0.3 is 17.9 Å². The van der Waals surface area contributed by atoms with Crippen molar-refractivity contribution in [2.45, 2.75) is 243 Å². The van der Waals surface area contributed by atoms with Crippen molar-refractivity contribution in [1.82, 2.24) is 31.9 Å². The van der Waals surface area contributed by atoms with E-state index in [-0.39, 0.29) is 48.7 Å². The number of aryl methyl sites for hydroxylation is 3. The molecule has 3 aliphatic heterocycles. The quantitative estimate of drug-likeness (QED) is 0.0144. The summed E-state index contributed by atoms with van der Waals surface area (Å²) in [5.74, 6) is -9.92. The molecule has 6 N–H and O–H groups in total. The molecule has 119 heavy (non-hydrogen) atoms. The van der Waals surface area contributed by atoms with E-state index in [1.165, 1.54) is 16.7 Å². The molecule has 0 saturated carbocycles. The lowest BCUT2D eigenvalue weighted by atomic mass is 9.84. The molecule has 636 valence electrons. The number of rotatable bonds is 29. The molecule has 0 aromatic heterocycles. The second kappa shape index (κ2) is 40.7. The van der Waals surface area contributed by atoms with Crippen LogP contribution >= 0.6 is 0 Å². The molecule has 0 aliphatic carbocycles. The molecule has 0 spiro atoms. The molecule has 3 fully saturated rings. The number of carbonyl (C=O) groups is 9. The molecule has 7 aromatic rings. The van der Waals surface area contributed by atoms with Crippen molar-refractivity contribution in [3.05, 3.63) is 246 Å². The molecule has 21 nitrogen and oxygen atoms in total. The normalized spacial score (nSPS) is 18.9. The zero-order valence-corrected chi connectivity index (χ0v) is 72.9. The topological polar surface area (TPSA) is 281 Å². The van der Waals surface area contributed by atoms with E-state index >= 15 is 0 Å². The third kappa shape index (κ3) is 26.8. The van der Waals surface area contributed by atoms with E-state index in [1.54, 1.807) is 47.6 Å². The molecule has 0 unspecified atom stereocenters. The van der Waals surface area contributed by atoms with Crippen molar-refractivity contribution in [1.29, 1.82) is 0 Å². The fourth-order valence-electron chi connectivity index (χ4n) is 14.7. The van der Waals surface area contributed by atoms with Gasteiger partial charge in [0, 0.05) is 41.5 Å². The van der Waals surface area contributed by atoms with Crippen LogP contribution in [0.2, 0.25) is 0 Å². The Morgan fingerprint density at radius 2 is 0.714 bits per heavy atom. The summed E-state index contributed by atoms with van der Waals surface area (Å²) in [5, 5.41) is 17.8. The van der Waals surface area contributed by atoms with Crippen LogP contribution in [0.25, 0.3) is 28.3 Å². The molecule has 7 aromatic carbocycles. The van der Waals surface area contributed by atoms with Crippen molar-refractivity contribution in [3.63, 3.8) is 0 Å². The van der Waals surface area contributed by atoms with Crippen LogP contribution in [0.1, 0.15) is 207 Å². The van der Waals surface area contributed by atoms with Crippen molar-refractivity contribution < 1.29 is 71.6 Å². The highest BCUT2D eigenvalue weighted by molar-refractivity contribution is 5.95. The van der Waals surface area contributed by atoms with Crippen molar-refractivity contribution in [3.8, 4) is 22.3 Å². The number of amides is 6. The Bertz CT molecular complexity index is 4660. The monoisotopic (exact) mass is 1620 g/mol. The Balaban J connectivity index is 0.000000226. The van der Waals surface area contributed by atoms with Gasteiger partial charge in [-0.15, -0.1) is 6.58 Å². The van der Waals surface area contributed by atoms with Gasteiger partial charge in [-0.2, -0.15) is 0 Å². The smallest absolute Gasteiger partial charge is 0.338 e. The average Bonchev–Trinajstić information content (AvgIpc) is 1.49. The van der Waals surface area contributed by atoms with Crippen molar-refractivity contribution in [2.75, 3.05) is 0 Å². The molecule has 3 saturated heterocycles. The predicted octanol–water partition coefficient (Wildman–Crippen LogP) is 16.7. The van der Waals surface area contributed by atoms with Crippen LogP contribution in [0.3, 0.4) is 0 Å². The maximum atomic E-state index is 13.9. The van der Waals surface area contributed by atoms with Gasteiger partial charge in [0.25, 0.3) is 0 Å². The molecule has 3 aliphatic rings. The minimum atomic E-state index is -1.15. The fraction of sp³-hybridized carbons (Fsp3) is 0.439. The summed E-state index contributed by atoms with van der Waals surface area (Å²) in [6.45, 7) is 40.4. The fourth-order valence-corrected chi connectivity index (χ4v) is 14.7. The van der Waals surface area contributed by atoms with Gasteiger partial charge in [-0.05, 0) is 144 Å². The van der Waals surface area contributed by atoms with E-state index in [4.69, 9.17) is 28.4 Å². The summed E-state index contributed by atoms with van der Waals surface area (Å²) in [7, 11) is 0. The molecular formula is C98H124N6O15. The number of nitrogens with one attached hydrogen (secondary N) is 6. The van der Waals surface area contributed by atoms with Gasteiger partial charge in [0.05, 0.1) is 35.9 Å². The number of allylic oxidation sites excluding steroid dienone is 2. The lowest BCUT2D eigenvalue weighted by molar-refractivity contribution is -0.163. The summed E-state index contributed by atoms with van der Waals surface area (Å²) >= 11 is 0. The van der Waals surface area contributed by atoms with Gasteiger partial charge in [-0.1, -0.05) is 269 Å². The summed E-state index contributed by atoms with van der Waals surface area (Å²) < 4.78 is 33.6. The number of ether oxygens (including phenoxy) is 6. The highest BCUT2D eigenvalue weighted by Crippen LogP contribution is 2.37. The zero-order chi connectivity index (χ0) is 87.5. The zero-order valence-electron chi connectivity index (χ0n) is 72.9. The summed E-state index contributed by atoms with van der Waals surface area (Å²) in [6, 6.07) is 58.7. The Labute approximate surface area is 703 Å². The molecule has 0 bridgehead atoms. The minimum Gasteiger partial charge on any atom is -0.432 e. The highest BCUT2D eigenvalue weighted by atomic mass is 16.8. The lowest BCUT2D eigenvalue weighted by Gasteiger charge is -2.33. The Hall–Kier alpha value is -10.9. The van der Waals surface area contributed by atoms with Crippen LogP contribution in [-0.2, 0) is 78.0 Å². The van der Waals surface area contributed by atoms with Crippen LogP contribution in [-0.4, -0.2) is 107 Å². The summed E-state index contributed by atoms with van der Waals surface area (Å²) in [5.41, 5.74) is 10.2. The summed E-state index contributed by atoms with van der Waals surface area (Å²) in [4.78, 5) is 119. The van der Waals surface area contributed by atoms with Gasteiger partial charge in [0.15, 0.2) is 18.3 Å². The molecule has 3 heterocycles. The Morgan fingerprint density at radius 3 is 1.03 bits per heavy atom. The first kappa shape index (κ1) is 93.6. The van der Waals surface area contributed by atoms with Crippen molar-refractivity contribution in [2.24, 2.45) is 34.0 Å². The van der Waals surface area contributed by atoms with E-state index in [9.17, 15) is 43.2 Å². The Morgan fingerprint density at radius 1 is 0.403 bits per heavy atom. The first-order valence-electron chi connectivity index (χ1n) is 41.1. The lowest BCUT2D eigenvalue weighted by Crippen LogP contribution is -2.56. The van der Waals surface area contributed by atoms with Crippen LogP contribution in [0.4, 0.5) is 0 Å². The number of benzene rings is 7. The first-order valence-corrected chi connectivity index (χ1v) is 41.1. The van der Waals surface area contributed by atoms with Gasteiger partial charge in [0.1, 0.15) is 18.1 Å². The van der Waals surface area contributed by atoms with E-state index in [0.717, 1.165) is 50.9 Å². The number of hydrogen-bond donors (Lipinski definition) is 6. The average molecular weight is 1630 g/mol. The van der Waals surface area contributed by atoms with E-state index < -0.39 is 123 Å². The number of hydrogen-bond acceptors (Lipinski definition) is 15. The number of esters is 3. The standard InChI is InChI=1S/C37H46N2O5.C37H44N2O5.C24H34N2O5/c2*1-24-23-26(21-22-29(24)28-18-12-9-13-19-28)15-14-20-30(31-35(42)44-37(6,7)43-31)33(40)39-32(36(3,4)5)34(41)38-25(2)27-16-10-8-11-17-27;1-8-12-17(18-22(29)31-24(6,7)30-18)20(27)26-19(23(3,4)5)21(28)25-15(2)16-13-10-9-11-14-16/h8-13,16-19,21-23,25,30-32H,14-15,20H2,1-7H3,(H,38,41)(H,39,40);8-19,21-23,25,30-32H,20H2,1-7H3,(H,38,41)(H,39,40);8-11,13-15,17-19H,1,12H2,2-7H3,(H,25,28)(H,26,27)/b;15-14+;/t2*25-,30-,31+,32-;15-,17-,18+,19-/m111/s1. The van der Waals surface area contributed by atoms with Gasteiger partial charge in [-0.3, -0.25) is 28.8 Å². The predicted molar refractivity (Wildman–Crippen MR) is 463 cm³/mol. The molecular weight excluding hydrogens is 1500 g/mol. The molecule has 21 heteroatoms. The second-order valence-corrected chi connectivity index (χ2v) is 35.8. The second-order valence-electron chi connectivity index (χ2n) is 35.8. The van der Waals surface area contributed by atoms with Crippen molar-refractivity contribution >= 4 is 59.4 Å². The number of carbonyl (C=O) groups excluding carboxylic acids is 9.